The number of hydrogen-bond acceptors (Lipinski definition) is 14. The summed E-state index contributed by atoms with van der Waals surface area (Å²) in [5, 5.41) is 13.2. The van der Waals surface area contributed by atoms with Crippen molar-refractivity contribution in [2.45, 2.75) is 72.4 Å². The minimum Gasteiger partial charge on any atom is -0.503 e. The number of Topliss-reactive ketones (excluding diaryl/α,β-unsaturated/α-hetero) is 1. The van der Waals surface area contributed by atoms with Gasteiger partial charge in [-0.3, -0.25) is 28.0 Å². The van der Waals surface area contributed by atoms with Gasteiger partial charge in [-0.05, 0) is 47.1 Å². The van der Waals surface area contributed by atoms with E-state index in [4.69, 9.17) is 32.7 Å². The molecule has 1 aromatic heterocycles. The molecule has 0 radical (unpaired) electrons. The summed E-state index contributed by atoms with van der Waals surface area (Å²) in [5.74, 6) is -4.64. The first-order valence-corrected chi connectivity index (χ1v) is 16.9. The van der Waals surface area contributed by atoms with Crippen LogP contribution in [0.3, 0.4) is 0 Å². The molecule has 16 nitrogen and oxygen atoms in total. The smallest absolute Gasteiger partial charge is 0.503 e. The molecule has 1 aliphatic heterocycles. The average molecular weight is 733 g/mol. The molecular weight excluding hydrogens is 693 g/mol. The van der Waals surface area contributed by atoms with Crippen LogP contribution in [0, 0.1) is 17.0 Å². The van der Waals surface area contributed by atoms with Gasteiger partial charge in [0.25, 0.3) is 5.91 Å². The number of halogens is 2. The topological polar surface area (TPSA) is 204 Å². The van der Waals surface area contributed by atoms with Crippen molar-refractivity contribution < 1.29 is 70.4 Å². The second-order valence-corrected chi connectivity index (χ2v) is 14.0. The lowest BCUT2D eigenvalue weighted by molar-refractivity contribution is -0.0321. The highest BCUT2D eigenvalue weighted by Gasteiger charge is 2.49. The Labute approximate surface area is 285 Å². The van der Waals surface area contributed by atoms with Crippen molar-refractivity contribution in [3.8, 4) is 5.75 Å². The molecule has 1 aliphatic rings. The number of amides is 1. The Kier molecular flexibility index (Phi) is 13.6. The second kappa shape index (κ2) is 17.0. The SMILES string of the molecule is COC1Cn2cc(C(=O)NCc3ccc(F)cc3F)c(=O)c(O)c2C(=O)C1(C)CCP(=O)(OCOC(=O)OC(C)C)OCOC(=O)OC(C)C. The van der Waals surface area contributed by atoms with Crippen molar-refractivity contribution in [3.05, 3.63) is 63.1 Å². The summed E-state index contributed by atoms with van der Waals surface area (Å²) in [6.07, 6.45) is -4.17. The number of ketones is 1. The van der Waals surface area contributed by atoms with E-state index in [0.717, 1.165) is 22.9 Å². The number of aromatic nitrogens is 1. The van der Waals surface area contributed by atoms with Gasteiger partial charge in [0.15, 0.2) is 11.5 Å². The molecule has 2 N–H and O–H groups in total. The Balaban J connectivity index is 1.83. The van der Waals surface area contributed by atoms with Gasteiger partial charge in [-0.15, -0.1) is 0 Å². The summed E-state index contributed by atoms with van der Waals surface area (Å²) in [6, 6.07) is 2.73. The fourth-order valence-corrected chi connectivity index (χ4v) is 6.33. The van der Waals surface area contributed by atoms with Crippen LogP contribution in [0.15, 0.2) is 29.2 Å². The third kappa shape index (κ3) is 10.1. The molecule has 3 rings (SSSR count). The summed E-state index contributed by atoms with van der Waals surface area (Å²) in [7, 11) is -3.06. The Morgan fingerprint density at radius 2 is 1.62 bits per heavy atom. The van der Waals surface area contributed by atoms with Crippen LogP contribution in [0.2, 0.25) is 0 Å². The lowest BCUT2D eigenvalue weighted by atomic mass is 9.73. The zero-order chi connectivity index (χ0) is 37.4. The van der Waals surface area contributed by atoms with Crippen molar-refractivity contribution in [2.75, 3.05) is 26.9 Å². The van der Waals surface area contributed by atoms with Crippen LogP contribution >= 0.6 is 7.60 Å². The number of hydrogen-bond donors (Lipinski definition) is 2. The molecule has 50 heavy (non-hydrogen) atoms. The monoisotopic (exact) mass is 732 g/mol. The Morgan fingerprint density at radius 3 is 2.14 bits per heavy atom. The van der Waals surface area contributed by atoms with Crippen LogP contribution in [0.25, 0.3) is 0 Å². The minimum atomic E-state index is -4.34. The molecule has 0 fully saturated rings. The fourth-order valence-electron chi connectivity index (χ4n) is 4.83. The van der Waals surface area contributed by atoms with Crippen molar-refractivity contribution in [3.63, 3.8) is 0 Å². The Hall–Kier alpha value is -4.38. The lowest BCUT2D eigenvalue weighted by Gasteiger charge is -2.41. The highest BCUT2D eigenvalue weighted by Crippen LogP contribution is 2.52. The van der Waals surface area contributed by atoms with Crippen LogP contribution in [0.5, 0.6) is 5.75 Å². The van der Waals surface area contributed by atoms with Crippen molar-refractivity contribution in [1.82, 2.24) is 9.88 Å². The van der Waals surface area contributed by atoms with E-state index in [2.05, 4.69) is 5.32 Å². The van der Waals surface area contributed by atoms with Gasteiger partial charge >= 0.3 is 19.9 Å². The second-order valence-electron chi connectivity index (χ2n) is 11.8. The number of methoxy groups -OCH3 is 1. The molecule has 1 amide bonds. The maximum absolute atomic E-state index is 14.0. The number of nitrogens with one attached hydrogen (secondary N) is 1. The molecule has 0 aliphatic carbocycles. The van der Waals surface area contributed by atoms with Gasteiger partial charge in [0.2, 0.25) is 19.0 Å². The van der Waals surface area contributed by atoms with E-state index < -0.39 is 116 Å². The fraction of sp³-hybridized carbons (Fsp3) is 0.516. The highest BCUT2D eigenvalue weighted by atomic mass is 31.2. The number of pyridine rings is 1. The number of fused-ring (bicyclic) bond motifs is 1. The van der Waals surface area contributed by atoms with Crippen LogP contribution < -0.4 is 10.7 Å². The highest BCUT2D eigenvalue weighted by molar-refractivity contribution is 7.53. The van der Waals surface area contributed by atoms with E-state index in [1.807, 2.05) is 0 Å². The van der Waals surface area contributed by atoms with Crippen molar-refractivity contribution in [2.24, 2.45) is 5.41 Å². The number of nitrogens with zero attached hydrogens (tertiary/aromatic N) is 1. The van der Waals surface area contributed by atoms with E-state index in [9.17, 15) is 42.4 Å². The van der Waals surface area contributed by atoms with Gasteiger partial charge in [0, 0.05) is 31.5 Å². The average Bonchev–Trinajstić information content (AvgIpc) is 3.02. The van der Waals surface area contributed by atoms with E-state index >= 15 is 0 Å². The molecular formula is C31H39F2N2O14P. The third-order valence-corrected chi connectivity index (χ3v) is 9.24. The van der Waals surface area contributed by atoms with Crippen LogP contribution in [-0.4, -0.2) is 78.8 Å². The van der Waals surface area contributed by atoms with E-state index in [0.29, 0.717) is 6.07 Å². The van der Waals surface area contributed by atoms with Gasteiger partial charge in [-0.25, -0.2) is 18.4 Å². The van der Waals surface area contributed by atoms with Gasteiger partial charge in [0.05, 0.1) is 36.4 Å². The quantitative estimate of drug-likeness (QED) is 0.146. The molecule has 19 heteroatoms. The van der Waals surface area contributed by atoms with Gasteiger partial charge in [0.1, 0.15) is 22.9 Å². The maximum atomic E-state index is 14.0. The summed E-state index contributed by atoms with van der Waals surface area (Å²) >= 11 is 0. The van der Waals surface area contributed by atoms with E-state index in [1.54, 1.807) is 27.7 Å². The first-order chi connectivity index (χ1) is 23.4. The largest absolute Gasteiger partial charge is 0.510 e. The summed E-state index contributed by atoms with van der Waals surface area (Å²) in [4.78, 5) is 63.5. The lowest BCUT2D eigenvalue weighted by Crippen LogP contribution is -2.50. The summed E-state index contributed by atoms with van der Waals surface area (Å²) in [5.41, 5.74) is -3.91. The Morgan fingerprint density at radius 1 is 1.04 bits per heavy atom. The zero-order valence-electron chi connectivity index (χ0n) is 28.2. The van der Waals surface area contributed by atoms with Gasteiger partial charge in [-0.2, -0.15) is 0 Å². The van der Waals surface area contributed by atoms with Crippen LogP contribution in [0.1, 0.15) is 67.4 Å². The number of benzene rings is 1. The molecule has 1 aromatic carbocycles. The predicted octanol–water partition coefficient (Wildman–Crippen LogP) is 4.63. The molecule has 0 bridgehead atoms. The first kappa shape index (κ1) is 40.1. The molecule has 276 valence electrons. The normalized spacial score (nSPS) is 17.3. The zero-order valence-corrected chi connectivity index (χ0v) is 29.1. The van der Waals surface area contributed by atoms with Crippen molar-refractivity contribution >= 4 is 31.6 Å². The summed E-state index contributed by atoms with van der Waals surface area (Å²) in [6.45, 7) is 5.27. The Bertz CT molecular complexity index is 1670. The molecule has 0 saturated carbocycles. The number of ether oxygens (including phenoxy) is 5. The molecule has 2 heterocycles. The third-order valence-electron chi connectivity index (χ3n) is 7.47. The van der Waals surface area contributed by atoms with Gasteiger partial charge < -0.3 is 38.7 Å². The van der Waals surface area contributed by atoms with E-state index in [-0.39, 0.29) is 18.5 Å². The minimum absolute atomic E-state index is 0.0678. The standard InChI is InChI=1S/C31H39F2N2O14P/c1-17(2)48-29(40)44-15-46-50(42,47-16-45-30(41)49-18(3)4)10-9-31(5)23(43-6)14-35-13-21(25(36)26(37)24(35)27(31)38)28(39)34-12-19-7-8-20(32)11-22(19)33/h7-8,11,13,17-18,23,37H,9-10,12,14-16H2,1-6H3,(H,34,39). The molecule has 0 saturated heterocycles. The molecule has 2 unspecified atom stereocenters. The van der Waals surface area contributed by atoms with Crippen molar-refractivity contribution in [1.29, 1.82) is 0 Å². The van der Waals surface area contributed by atoms with Crippen LogP contribution in [0.4, 0.5) is 18.4 Å². The summed E-state index contributed by atoms with van der Waals surface area (Å²) < 4.78 is 77.4. The number of aromatic hydroxyl groups is 1. The first-order valence-electron chi connectivity index (χ1n) is 15.2. The molecule has 2 aromatic rings. The number of rotatable bonds is 15. The number of carbonyl (C=O) groups is 4. The number of carbonyl (C=O) groups excluding carboxylic acids is 4. The predicted molar refractivity (Wildman–Crippen MR) is 168 cm³/mol. The maximum Gasteiger partial charge on any atom is 0.510 e. The van der Waals surface area contributed by atoms with Gasteiger partial charge in [-0.1, -0.05) is 6.07 Å². The molecule has 0 spiro atoms. The molecule has 2 atom stereocenters. The van der Waals surface area contributed by atoms with E-state index in [1.165, 1.54) is 14.0 Å². The van der Waals surface area contributed by atoms with Crippen LogP contribution in [-0.2, 0) is 50.4 Å².